The Kier molecular flexibility index (Phi) is 5.40. The van der Waals surface area contributed by atoms with E-state index in [1.165, 1.54) is 0 Å². The molecule has 0 aromatic carbocycles. The van der Waals surface area contributed by atoms with Gasteiger partial charge in [0, 0.05) is 19.1 Å². The smallest absolute Gasteiger partial charge is 0.240 e. The zero-order valence-corrected chi connectivity index (χ0v) is 11.6. The van der Waals surface area contributed by atoms with Crippen LogP contribution < -0.4 is 5.73 Å². The molecule has 100 valence electrons. The molecule has 0 aliphatic carbocycles. The van der Waals surface area contributed by atoms with Crippen LogP contribution in [0.2, 0.25) is 0 Å². The Labute approximate surface area is 105 Å². The highest BCUT2D eigenvalue weighted by molar-refractivity contribution is 5.82. The van der Waals surface area contributed by atoms with E-state index in [1.807, 2.05) is 7.05 Å². The third-order valence-corrected chi connectivity index (χ3v) is 3.53. The van der Waals surface area contributed by atoms with Crippen molar-refractivity contribution >= 4 is 5.91 Å². The van der Waals surface area contributed by atoms with Gasteiger partial charge < -0.3 is 10.6 Å². The number of amides is 1. The van der Waals surface area contributed by atoms with Crippen LogP contribution in [0.1, 0.15) is 33.6 Å². The fourth-order valence-corrected chi connectivity index (χ4v) is 2.46. The molecule has 17 heavy (non-hydrogen) atoms. The van der Waals surface area contributed by atoms with Crippen LogP contribution >= 0.6 is 0 Å². The standard InChI is InChI=1S/C13H27N3O/c1-10(2)9-16-11(3)6-8-15(4)12(5-7-14)13(16)17/h10-12H,5-9,14H2,1-4H3. The Morgan fingerprint density at radius 3 is 2.65 bits per heavy atom. The van der Waals surface area contributed by atoms with Gasteiger partial charge in [0.15, 0.2) is 0 Å². The van der Waals surface area contributed by atoms with Crippen molar-refractivity contribution in [2.24, 2.45) is 11.7 Å². The first-order chi connectivity index (χ1) is 7.97. The summed E-state index contributed by atoms with van der Waals surface area (Å²) in [4.78, 5) is 16.7. The minimum atomic E-state index is -0.0244. The predicted octanol–water partition coefficient (Wildman–Crippen LogP) is 0.912. The minimum Gasteiger partial charge on any atom is -0.338 e. The van der Waals surface area contributed by atoms with Crippen LogP contribution in [0.25, 0.3) is 0 Å². The molecule has 2 atom stereocenters. The van der Waals surface area contributed by atoms with Gasteiger partial charge in [-0.15, -0.1) is 0 Å². The van der Waals surface area contributed by atoms with E-state index >= 15 is 0 Å². The summed E-state index contributed by atoms with van der Waals surface area (Å²) >= 11 is 0. The first-order valence-electron chi connectivity index (χ1n) is 6.68. The fourth-order valence-electron chi connectivity index (χ4n) is 2.46. The molecule has 4 heteroatoms. The molecule has 1 aliphatic rings. The molecule has 1 rings (SSSR count). The quantitative estimate of drug-likeness (QED) is 0.796. The summed E-state index contributed by atoms with van der Waals surface area (Å²) in [5.74, 6) is 0.778. The molecule has 4 nitrogen and oxygen atoms in total. The SMILES string of the molecule is CC(C)CN1C(=O)C(CCN)N(C)CCC1C. The molecule has 1 saturated heterocycles. The zero-order chi connectivity index (χ0) is 13.0. The first-order valence-corrected chi connectivity index (χ1v) is 6.68. The summed E-state index contributed by atoms with van der Waals surface area (Å²) < 4.78 is 0. The number of rotatable bonds is 4. The lowest BCUT2D eigenvalue weighted by Crippen LogP contribution is -2.48. The number of carbonyl (C=O) groups is 1. The van der Waals surface area contributed by atoms with Crippen molar-refractivity contribution in [3.05, 3.63) is 0 Å². The predicted molar refractivity (Wildman–Crippen MR) is 70.7 cm³/mol. The van der Waals surface area contributed by atoms with Gasteiger partial charge in [-0.25, -0.2) is 0 Å². The van der Waals surface area contributed by atoms with Gasteiger partial charge in [-0.3, -0.25) is 9.69 Å². The molecule has 0 spiro atoms. The van der Waals surface area contributed by atoms with Crippen molar-refractivity contribution in [1.82, 2.24) is 9.80 Å². The van der Waals surface area contributed by atoms with E-state index in [1.54, 1.807) is 0 Å². The summed E-state index contributed by atoms with van der Waals surface area (Å²) in [5, 5.41) is 0. The van der Waals surface area contributed by atoms with Crippen molar-refractivity contribution in [3.8, 4) is 0 Å². The number of likely N-dealkylation sites (N-methyl/N-ethyl adjacent to an activating group) is 1. The van der Waals surface area contributed by atoms with Gasteiger partial charge in [0.05, 0.1) is 6.04 Å². The lowest BCUT2D eigenvalue weighted by atomic mass is 10.1. The molecule has 0 radical (unpaired) electrons. The number of nitrogens with zero attached hydrogens (tertiary/aromatic N) is 2. The van der Waals surface area contributed by atoms with Crippen molar-refractivity contribution in [1.29, 1.82) is 0 Å². The van der Waals surface area contributed by atoms with Crippen LogP contribution in [0, 0.1) is 5.92 Å². The Morgan fingerprint density at radius 2 is 2.12 bits per heavy atom. The molecular formula is C13H27N3O. The third-order valence-electron chi connectivity index (χ3n) is 3.53. The van der Waals surface area contributed by atoms with Gasteiger partial charge in [0.1, 0.15) is 0 Å². The van der Waals surface area contributed by atoms with Crippen LogP contribution in [-0.4, -0.2) is 54.5 Å². The minimum absolute atomic E-state index is 0.0244. The van der Waals surface area contributed by atoms with E-state index in [0.717, 1.165) is 25.9 Å². The molecule has 1 aliphatic heterocycles. The number of hydrogen-bond acceptors (Lipinski definition) is 3. The van der Waals surface area contributed by atoms with E-state index in [9.17, 15) is 4.79 Å². The molecule has 1 fully saturated rings. The van der Waals surface area contributed by atoms with Crippen LogP contribution in [0.3, 0.4) is 0 Å². The highest BCUT2D eigenvalue weighted by atomic mass is 16.2. The first kappa shape index (κ1) is 14.5. The Hall–Kier alpha value is -0.610. The average Bonchev–Trinajstić information content (AvgIpc) is 2.35. The van der Waals surface area contributed by atoms with E-state index < -0.39 is 0 Å². The van der Waals surface area contributed by atoms with E-state index in [0.29, 0.717) is 18.5 Å². The van der Waals surface area contributed by atoms with Crippen molar-refractivity contribution in [2.45, 2.75) is 45.7 Å². The second kappa shape index (κ2) is 6.36. The molecule has 1 heterocycles. The highest BCUT2D eigenvalue weighted by Crippen LogP contribution is 2.18. The summed E-state index contributed by atoms with van der Waals surface area (Å²) in [7, 11) is 2.03. The molecule has 0 aromatic heterocycles. The summed E-state index contributed by atoms with van der Waals surface area (Å²) in [6, 6.07) is 0.318. The highest BCUT2D eigenvalue weighted by Gasteiger charge is 2.33. The maximum absolute atomic E-state index is 12.5. The van der Waals surface area contributed by atoms with Crippen molar-refractivity contribution in [2.75, 3.05) is 26.7 Å². The topological polar surface area (TPSA) is 49.6 Å². The molecule has 1 amide bonds. The van der Waals surface area contributed by atoms with E-state index in [2.05, 4.69) is 30.6 Å². The number of hydrogen-bond donors (Lipinski definition) is 1. The number of carbonyl (C=O) groups excluding carboxylic acids is 1. The second-order valence-electron chi connectivity index (χ2n) is 5.60. The lowest BCUT2D eigenvalue weighted by Gasteiger charge is -2.31. The Morgan fingerprint density at radius 1 is 1.47 bits per heavy atom. The van der Waals surface area contributed by atoms with Gasteiger partial charge in [0.25, 0.3) is 0 Å². The monoisotopic (exact) mass is 241 g/mol. The molecule has 0 bridgehead atoms. The maximum atomic E-state index is 12.5. The van der Waals surface area contributed by atoms with Crippen LogP contribution in [0.4, 0.5) is 0 Å². The van der Waals surface area contributed by atoms with E-state index in [-0.39, 0.29) is 11.9 Å². The molecule has 2 N–H and O–H groups in total. The van der Waals surface area contributed by atoms with Gasteiger partial charge >= 0.3 is 0 Å². The molecule has 0 aromatic rings. The van der Waals surface area contributed by atoms with Gasteiger partial charge in [-0.1, -0.05) is 13.8 Å². The average molecular weight is 241 g/mol. The van der Waals surface area contributed by atoms with Gasteiger partial charge in [0.2, 0.25) is 5.91 Å². The summed E-state index contributed by atoms with van der Waals surface area (Å²) in [5.41, 5.74) is 5.62. The molecule has 2 unspecified atom stereocenters. The lowest BCUT2D eigenvalue weighted by molar-refractivity contribution is -0.137. The Balaban J connectivity index is 2.82. The maximum Gasteiger partial charge on any atom is 0.240 e. The molecular weight excluding hydrogens is 214 g/mol. The van der Waals surface area contributed by atoms with Crippen LogP contribution in [-0.2, 0) is 4.79 Å². The normalized spacial score (nSPS) is 27.6. The second-order valence-corrected chi connectivity index (χ2v) is 5.60. The fraction of sp³-hybridized carbons (Fsp3) is 0.923. The van der Waals surface area contributed by atoms with Gasteiger partial charge in [-0.2, -0.15) is 0 Å². The molecule has 0 saturated carbocycles. The van der Waals surface area contributed by atoms with Crippen molar-refractivity contribution in [3.63, 3.8) is 0 Å². The Bertz CT molecular complexity index is 255. The zero-order valence-electron chi connectivity index (χ0n) is 11.6. The largest absolute Gasteiger partial charge is 0.338 e. The van der Waals surface area contributed by atoms with Gasteiger partial charge in [-0.05, 0) is 39.3 Å². The van der Waals surface area contributed by atoms with Crippen LogP contribution in [0.5, 0.6) is 0 Å². The summed E-state index contributed by atoms with van der Waals surface area (Å²) in [6.07, 6.45) is 1.81. The van der Waals surface area contributed by atoms with Crippen LogP contribution in [0.15, 0.2) is 0 Å². The summed E-state index contributed by atoms with van der Waals surface area (Å²) in [6.45, 7) is 8.88. The number of nitrogens with two attached hydrogens (primary N) is 1. The van der Waals surface area contributed by atoms with Crippen molar-refractivity contribution < 1.29 is 4.79 Å². The van der Waals surface area contributed by atoms with E-state index in [4.69, 9.17) is 5.73 Å². The third kappa shape index (κ3) is 3.68.